The van der Waals surface area contributed by atoms with Crippen molar-refractivity contribution in [3.05, 3.63) is 24.5 Å². The van der Waals surface area contributed by atoms with Crippen LogP contribution in [-0.2, 0) is 0 Å². The minimum atomic E-state index is 0.457. The molecule has 0 amide bonds. The Morgan fingerprint density at radius 1 is 1.00 bits per heavy atom. The summed E-state index contributed by atoms with van der Waals surface area (Å²) in [5.74, 6) is 2.86. The number of fused-ring (bicyclic) bond motifs is 2. The fraction of sp³-hybridized carbons (Fsp3) is 0.615. The Labute approximate surface area is 90.7 Å². The molecular formula is C13H17NO. The zero-order valence-electron chi connectivity index (χ0n) is 8.93. The monoisotopic (exact) mass is 203 g/mol. The molecule has 1 aromatic heterocycles. The van der Waals surface area contributed by atoms with Gasteiger partial charge in [-0.25, -0.2) is 0 Å². The molecule has 3 atom stereocenters. The number of pyridine rings is 1. The van der Waals surface area contributed by atoms with E-state index in [2.05, 4.69) is 4.98 Å². The zero-order chi connectivity index (χ0) is 10.1. The Hall–Kier alpha value is -1.05. The standard InChI is InChI=1S/C13H17NO/c1-2-11-7-10(1)8-13(9-11)15-12-3-5-14-6-4-12/h3-6,10-11,13H,1-2,7-9H2/t10-,11+,13-. The summed E-state index contributed by atoms with van der Waals surface area (Å²) >= 11 is 0. The van der Waals surface area contributed by atoms with Gasteiger partial charge in [0.05, 0.1) is 6.10 Å². The molecule has 3 rings (SSSR count). The van der Waals surface area contributed by atoms with Crippen LogP contribution in [-0.4, -0.2) is 11.1 Å². The maximum absolute atomic E-state index is 6.00. The molecule has 1 heterocycles. The molecule has 2 aliphatic carbocycles. The van der Waals surface area contributed by atoms with Crippen LogP contribution in [0, 0.1) is 11.8 Å². The number of hydrogen-bond donors (Lipinski definition) is 0. The highest BCUT2D eigenvalue weighted by Crippen LogP contribution is 2.42. The van der Waals surface area contributed by atoms with Crippen LogP contribution in [0.3, 0.4) is 0 Å². The van der Waals surface area contributed by atoms with Crippen LogP contribution in [0.2, 0.25) is 0 Å². The molecule has 2 bridgehead atoms. The van der Waals surface area contributed by atoms with E-state index < -0.39 is 0 Å². The van der Waals surface area contributed by atoms with Gasteiger partial charge in [-0.2, -0.15) is 0 Å². The summed E-state index contributed by atoms with van der Waals surface area (Å²) in [7, 11) is 0. The molecule has 0 radical (unpaired) electrons. The van der Waals surface area contributed by atoms with Crippen molar-refractivity contribution in [2.75, 3.05) is 0 Å². The van der Waals surface area contributed by atoms with Gasteiger partial charge in [0.2, 0.25) is 0 Å². The second-order valence-electron chi connectivity index (χ2n) is 4.94. The minimum absolute atomic E-state index is 0.457. The van der Waals surface area contributed by atoms with Crippen molar-refractivity contribution in [3.63, 3.8) is 0 Å². The van der Waals surface area contributed by atoms with Gasteiger partial charge >= 0.3 is 0 Å². The smallest absolute Gasteiger partial charge is 0.122 e. The first kappa shape index (κ1) is 9.20. The van der Waals surface area contributed by atoms with E-state index in [1.165, 1.54) is 32.1 Å². The number of rotatable bonds is 2. The number of nitrogens with zero attached hydrogens (tertiary/aromatic N) is 1. The Balaban J connectivity index is 1.65. The number of hydrogen-bond acceptors (Lipinski definition) is 2. The molecule has 0 N–H and O–H groups in total. The largest absolute Gasteiger partial charge is 0.490 e. The first-order chi connectivity index (χ1) is 7.40. The van der Waals surface area contributed by atoms with Crippen molar-refractivity contribution in [3.8, 4) is 5.75 Å². The Morgan fingerprint density at radius 2 is 1.67 bits per heavy atom. The average Bonchev–Trinajstić information content (AvgIpc) is 2.60. The lowest BCUT2D eigenvalue weighted by molar-refractivity contribution is 0.119. The van der Waals surface area contributed by atoms with Crippen LogP contribution in [0.25, 0.3) is 0 Å². The number of ether oxygens (including phenoxy) is 1. The van der Waals surface area contributed by atoms with Crippen molar-refractivity contribution in [2.45, 2.75) is 38.2 Å². The molecule has 2 heteroatoms. The zero-order valence-corrected chi connectivity index (χ0v) is 8.93. The van der Waals surface area contributed by atoms with Crippen LogP contribution in [0.5, 0.6) is 5.75 Å². The molecule has 0 spiro atoms. The van der Waals surface area contributed by atoms with E-state index >= 15 is 0 Å². The van der Waals surface area contributed by atoms with Crippen LogP contribution in [0.1, 0.15) is 32.1 Å². The molecule has 2 saturated carbocycles. The molecule has 0 aromatic carbocycles. The summed E-state index contributed by atoms with van der Waals surface area (Å²) in [5.41, 5.74) is 0. The van der Waals surface area contributed by atoms with Crippen LogP contribution in [0.4, 0.5) is 0 Å². The highest BCUT2D eigenvalue weighted by Gasteiger charge is 2.34. The predicted octanol–water partition coefficient (Wildman–Crippen LogP) is 3.04. The van der Waals surface area contributed by atoms with E-state index in [0.717, 1.165) is 17.6 Å². The number of aromatic nitrogens is 1. The maximum Gasteiger partial charge on any atom is 0.122 e. The van der Waals surface area contributed by atoms with E-state index in [4.69, 9.17) is 4.74 Å². The molecule has 2 aliphatic rings. The minimum Gasteiger partial charge on any atom is -0.490 e. The Morgan fingerprint density at radius 3 is 2.33 bits per heavy atom. The summed E-state index contributed by atoms with van der Waals surface area (Å²) in [5, 5.41) is 0. The van der Waals surface area contributed by atoms with Gasteiger partial charge in [-0.15, -0.1) is 0 Å². The van der Waals surface area contributed by atoms with E-state index in [1.807, 2.05) is 12.1 Å². The van der Waals surface area contributed by atoms with Crippen molar-refractivity contribution in [1.82, 2.24) is 4.98 Å². The predicted molar refractivity (Wildman–Crippen MR) is 58.7 cm³/mol. The van der Waals surface area contributed by atoms with Crippen LogP contribution >= 0.6 is 0 Å². The van der Waals surface area contributed by atoms with E-state index in [9.17, 15) is 0 Å². The Kier molecular flexibility index (Phi) is 2.35. The van der Waals surface area contributed by atoms with Crippen molar-refractivity contribution in [1.29, 1.82) is 0 Å². The molecular weight excluding hydrogens is 186 g/mol. The van der Waals surface area contributed by atoms with Gasteiger partial charge in [0.25, 0.3) is 0 Å². The van der Waals surface area contributed by atoms with Gasteiger partial charge in [0.15, 0.2) is 0 Å². The molecule has 2 fully saturated rings. The van der Waals surface area contributed by atoms with Crippen LogP contribution < -0.4 is 4.74 Å². The summed E-state index contributed by atoms with van der Waals surface area (Å²) in [6.07, 6.45) is 10.9. The summed E-state index contributed by atoms with van der Waals surface area (Å²) < 4.78 is 6.00. The summed E-state index contributed by atoms with van der Waals surface area (Å²) in [4.78, 5) is 4.00. The lowest BCUT2D eigenvalue weighted by Gasteiger charge is -2.28. The second-order valence-corrected chi connectivity index (χ2v) is 4.94. The molecule has 0 aliphatic heterocycles. The molecule has 80 valence electrons. The summed E-state index contributed by atoms with van der Waals surface area (Å²) in [6.45, 7) is 0. The molecule has 1 aromatic rings. The third-order valence-corrected chi connectivity index (χ3v) is 3.79. The molecule has 0 unspecified atom stereocenters. The first-order valence-corrected chi connectivity index (χ1v) is 5.97. The first-order valence-electron chi connectivity index (χ1n) is 5.97. The van der Waals surface area contributed by atoms with Gasteiger partial charge in [-0.3, -0.25) is 4.98 Å². The molecule has 2 nitrogen and oxygen atoms in total. The van der Waals surface area contributed by atoms with Gasteiger partial charge < -0.3 is 4.74 Å². The topological polar surface area (TPSA) is 22.1 Å². The third kappa shape index (κ3) is 1.99. The molecule has 15 heavy (non-hydrogen) atoms. The fourth-order valence-corrected chi connectivity index (χ4v) is 3.15. The van der Waals surface area contributed by atoms with Gasteiger partial charge in [-0.05, 0) is 43.2 Å². The Bertz CT molecular complexity index is 313. The average molecular weight is 203 g/mol. The van der Waals surface area contributed by atoms with Crippen molar-refractivity contribution < 1.29 is 4.74 Å². The second kappa shape index (κ2) is 3.84. The van der Waals surface area contributed by atoms with Crippen molar-refractivity contribution in [2.24, 2.45) is 11.8 Å². The SMILES string of the molecule is c1cc(O[C@@H]2C[C@@H]3CC[C@@H](C3)C2)ccn1. The lowest BCUT2D eigenvalue weighted by Crippen LogP contribution is -2.25. The van der Waals surface area contributed by atoms with Crippen LogP contribution in [0.15, 0.2) is 24.5 Å². The lowest BCUT2D eigenvalue weighted by atomic mass is 9.87. The van der Waals surface area contributed by atoms with Crippen molar-refractivity contribution >= 4 is 0 Å². The molecule has 0 saturated heterocycles. The quantitative estimate of drug-likeness (QED) is 0.737. The van der Waals surface area contributed by atoms with E-state index in [1.54, 1.807) is 12.4 Å². The van der Waals surface area contributed by atoms with Gasteiger partial charge in [-0.1, -0.05) is 12.8 Å². The highest BCUT2D eigenvalue weighted by atomic mass is 16.5. The van der Waals surface area contributed by atoms with E-state index in [0.29, 0.717) is 6.10 Å². The summed E-state index contributed by atoms with van der Waals surface area (Å²) in [6, 6.07) is 3.91. The third-order valence-electron chi connectivity index (χ3n) is 3.79. The van der Waals surface area contributed by atoms with E-state index in [-0.39, 0.29) is 0 Å². The fourth-order valence-electron chi connectivity index (χ4n) is 3.15. The maximum atomic E-state index is 6.00. The van der Waals surface area contributed by atoms with Gasteiger partial charge in [0.1, 0.15) is 5.75 Å². The van der Waals surface area contributed by atoms with Gasteiger partial charge in [0, 0.05) is 12.4 Å². The highest BCUT2D eigenvalue weighted by molar-refractivity contribution is 5.17. The normalized spacial score (nSPS) is 34.0.